The van der Waals surface area contributed by atoms with E-state index in [4.69, 9.17) is 4.74 Å². The Bertz CT molecular complexity index is 579. The first-order valence-corrected chi connectivity index (χ1v) is 9.11. The van der Waals surface area contributed by atoms with E-state index in [1.165, 1.54) is 6.92 Å². The molecule has 0 bridgehead atoms. The highest BCUT2D eigenvalue weighted by molar-refractivity contribution is 7.09. The first kappa shape index (κ1) is 18.4. The molecule has 1 fully saturated rings. The molecule has 132 valence electrons. The van der Waals surface area contributed by atoms with Crippen molar-refractivity contribution < 1.29 is 19.1 Å². The quantitative estimate of drug-likeness (QED) is 0.768. The van der Waals surface area contributed by atoms with E-state index in [9.17, 15) is 14.4 Å². The van der Waals surface area contributed by atoms with Crippen molar-refractivity contribution in [2.75, 3.05) is 0 Å². The molecule has 1 atom stereocenters. The molecule has 0 radical (unpaired) electrons. The lowest BCUT2D eigenvalue weighted by atomic mass is 9.81. The highest BCUT2D eigenvalue weighted by atomic mass is 32.1. The van der Waals surface area contributed by atoms with Crippen molar-refractivity contribution in [2.24, 2.45) is 0 Å². The molecule has 24 heavy (non-hydrogen) atoms. The van der Waals surface area contributed by atoms with E-state index in [2.05, 4.69) is 10.6 Å². The van der Waals surface area contributed by atoms with Crippen molar-refractivity contribution in [3.05, 3.63) is 22.4 Å². The van der Waals surface area contributed by atoms with Crippen LogP contribution in [-0.2, 0) is 25.7 Å². The molecule has 2 N–H and O–H groups in total. The predicted octanol–water partition coefficient (Wildman–Crippen LogP) is 2.13. The van der Waals surface area contributed by atoms with Gasteiger partial charge < -0.3 is 15.4 Å². The normalized spacial score (nSPS) is 17.6. The van der Waals surface area contributed by atoms with Gasteiger partial charge in [-0.15, -0.1) is 11.3 Å². The lowest BCUT2D eigenvalue weighted by Gasteiger charge is -2.36. The van der Waals surface area contributed by atoms with Crippen LogP contribution < -0.4 is 10.6 Å². The molecule has 0 aromatic carbocycles. The maximum absolute atomic E-state index is 12.6. The molecular formula is C17H24N2O4S. The van der Waals surface area contributed by atoms with Gasteiger partial charge in [0.1, 0.15) is 5.54 Å². The van der Waals surface area contributed by atoms with Crippen LogP contribution in [0.5, 0.6) is 0 Å². The Morgan fingerprint density at radius 2 is 2.00 bits per heavy atom. The number of hydrogen-bond donors (Lipinski definition) is 2. The van der Waals surface area contributed by atoms with Crippen molar-refractivity contribution >= 4 is 29.1 Å². The summed E-state index contributed by atoms with van der Waals surface area (Å²) >= 11 is 1.55. The monoisotopic (exact) mass is 352 g/mol. The van der Waals surface area contributed by atoms with E-state index in [0.29, 0.717) is 19.4 Å². The molecule has 1 heterocycles. The average molecular weight is 352 g/mol. The van der Waals surface area contributed by atoms with E-state index in [1.54, 1.807) is 18.3 Å². The Morgan fingerprint density at radius 1 is 1.29 bits per heavy atom. The molecule has 1 unspecified atom stereocenters. The summed E-state index contributed by atoms with van der Waals surface area (Å²) in [5.41, 5.74) is -0.994. The van der Waals surface area contributed by atoms with Crippen LogP contribution in [0.25, 0.3) is 0 Å². The molecule has 0 aliphatic heterocycles. The van der Waals surface area contributed by atoms with E-state index in [-0.39, 0.29) is 11.8 Å². The summed E-state index contributed by atoms with van der Waals surface area (Å²) < 4.78 is 5.36. The summed E-state index contributed by atoms with van der Waals surface area (Å²) in [4.78, 5) is 37.2. The second-order valence-corrected chi connectivity index (χ2v) is 7.20. The Labute approximate surface area is 146 Å². The number of ether oxygens (including phenoxy) is 1. The van der Waals surface area contributed by atoms with Crippen molar-refractivity contribution in [1.29, 1.82) is 0 Å². The van der Waals surface area contributed by atoms with Crippen molar-refractivity contribution in [1.82, 2.24) is 10.6 Å². The number of thiophene rings is 1. The Morgan fingerprint density at radius 3 is 2.58 bits per heavy atom. The maximum atomic E-state index is 12.6. The van der Waals surface area contributed by atoms with Gasteiger partial charge in [0.15, 0.2) is 6.10 Å². The van der Waals surface area contributed by atoms with Gasteiger partial charge in [0.25, 0.3) is 5.91 Å². The van der Waals surface area contributed by atoms with Crippen LogP contribution in [0.1, 0.15) is 50.8 Å². The predicted molar refractivity (Wildman–Crippen MR) is 91.4 cm³/mol. The summed E-state index contributed by atoms with van der Waals surface area (Å²) in [7, 11) is 0. The number of amides is 2. The number of carbonyl (C=O) groups excluding carboxylic acids is 3. The Hall–Kier alpha value is -1.89. The highest BCUT2D eigenvalue weighted by Gasteiger charge is 2.42. The first-order valence-electron chi connectivity index (χ1n) is 8.23. The lowest BCUT2D eigenvalue weighted by molar-refractivity contribution is -0.164. The van der Waals surface area contributed by atoms with Gasteiger partial charge in [-0.25, -0.2) is 4.79 Å². The number of hydrogen-bond acceptors (Lipinski definition) is 5. The van der Waals surface area contributed by atoms with Crippen LogP contribution in [0.3, 0.4) is 0 Å². The second kappa shape index (κ2) is 8.28. The third kappa shape index (κ3) is 4.80. The highest BCUT2D eigenvalue weighted by Crippen LogP contribution is 2.30. The van der Waals surface area contributed by atoms with Crippen LogP contribution in [0.2, 0.25) is 0 Å². The zero-order valence-electron chi connectivity index (χ0n) is 14.1. The lowest BCUT2D eigenvalue weighted by Crippen LogP contribution is -2.57. The molecule has 7 heteroatoms. The fraction of sp³-hybridized carbons (Fsp3) is 0.588. The van der Waals surface area contributed by atoms with Gasteiger partial charge in [-0.05, 0) is 31.2 Å². The number of esters is 1. The molecule has 6 nitrogen and oxygen atoms in total. The summed E-state index contributed by atoms with van der Waals surface area (Å²) in [5, 5.41) is 7.44. The van der Waals surface area contributed by atoms with Crippen LogP contribution in [0.15, 0.2) is 17.5 Å². The minimum Gasteiger partial charge on any atom is -0.451 e. The van der Waals surface area contributed by atoms with Gasteiger partial charge in [-0.1, -0.05) is 25.3 Å². The van der Waals surface area contributed by atoms with Gasteiger partial charge >= 0.3 is 5.97 Å². The average Bonchev–Trinajstić information content (AvgIpc) is 3.06. The molecule has 1 aliphatic carbocycles. The molecule has 1 saturated carbocycles. The first-order chi connectivity index (χ1) is 11.4. The largest absolute Gasteiger partial charge is 0.451 e. The zero-order chi connectivity index (χ0) is 17.6. The van der Waals surface area contributed by atoms with Crippen molar-refractivity contribution in [3.8, 4) is 0 Å². The Kier molecular flexibility index (Phi) is 6.36. The molecule has 2 amide bonds. The summed E-state index contributed by atoms with van der Waals surface area (Å²) in [6.07, 6.45) is 2.95. The summed E-state index contributed by atoms with van der Waals surface area (Å²) in [6.45, 7) is 3.35. The van der Waals surface area contributed by atoms with Crippen LogP contribution >= 0.6 is 11.3 Å². The summed E-state index contributed by atoms with van der Waals surface area (Å²) in [5.74, 6) is -1.12. The SMILES string of the molecule is CC(=O)NC1(C(=O)OC(C)C(=O)NCc2cccs2)CCCCC1. The maximum Gasteiger partial charge on any atom is 0.332 e. The minimum absolute atomic E-state index is 0.261. The fourth-order valence-corrected chi connectivity index (χ4v) is 3.58. The molecule has 1 aliphatic rings. The molecular weight excluding hydrogens is 328 g/mol. The number of rotatable bonds is 6. The molecule has 1 aromatic rings. The smallest absolute Gasteiger partial charge is 0.332 e. The van der Waals surface area contributed by atoms with Gasteiger partial charge in [0.05, 0.1) is 6.54 Å². The Balaban J connectivity index is 1.92. The summed E-state index contributed by atoms with van der Waals surface area (Å²) in [6, 6.07) is 3.84. The molecule has 1 aromatic heterocycles. The standard InChI is InChI=1S/C17H24N2O4S/c1-12(15(21)18-11-14-7-6-10-24-14)23-16(22)17(19-13(2)20)8-4-3-5-9-17/h6-7,10,12H,3-5,8-9,11H2,1-2H3,(H,18,21)(H,19,20). The number of carbonyl (C=O) groups is 3. The van der Waals surface area contributed by atoms with Crippen LogP contribution in [0.4, 0.5) is 0 Å². The van der Waals surface area contributed by atoms with Gasteiger partial charge in [0, 0.05) is 11.8 Å². The van der Waals surface area contributed by atoms with Gasteiger partial charge in [-0.3, -0.25) is 9.59 Å². The minimum atomic E-state index is -0.994. The van der Waals surface area contributed by atoms with E-state index in [1.807, 2.05) is 17.5 Å². The van der Waals surface area contributed by atoms with E-state index in [0.717, 1.165) is 24.1 Å². The van der Waals surface area contributed by atoms with Crippen LogP contribution in [-0.4, -0.2) is 29.4 Å². The second-order valence-electron chi connectivity index (χ2n) is 6.17. The fourth-order valence-electron chi connectivity index (χ4n) is 2.93. The molecule has 0 spiro atoms. The zero-order valence-corrected chi connectivity index (χ0v) is 14.9. The topological polar surface area (TPSA) is 84.5 Å². The van der Waals surface area contributed by atoms with E-state index < -0.39 is 17.6 Å². The van der Waals surface area contributed by atoms with Gasteiger partial charge in [-0.2, -0.15) is 0 Å². The van der Waals surface area contributed by atoms with Crippen molar-refractivity contribution in [3.63, 3.8) is 0 Å². The molecule has 0 saturated heterocycles. The molecule has 2 rings (SSSR count). The third-order valence-corrected chi connectivity index (χ3v) is 5.06. The third-order valence-electron chi connectivity index (χ3n) is 4.18. The van der Waals surface area contributed by atoms with Gasteiger partial charge in [0.2, 0.25) is 5.91 Å². The van der Waals surface area contributed by atoms with E-state index >= 15 is 0 Å². The van der Waals surface area contributed by atoms with Crippen LogP contribution in [0, 0.1) is 0 Å². The van der Waals surface area contributed by atoms with Crippen molar-refractivity contribution in [2.45, 2.75) is 64.1 Å². The number of nitrogens with one attached hydrogen (secondary N) is 2.